The lowest BCUT2D eigenvalue weighted by Crippen LogP contribution is -2.26. The second kappa shape index (κ2) is 5.13. The fourth-order valence-corrected chi connectivity index (χ4v) is 2.62. The van der Waals surface area contributed by atoms with Crippen LogP contribution >= 0.6 is 11.6 Å². The summed E-state index contributed by atoms with van der Waals surface area (Å²) in [5.74, 6) is -0.487. The van der Waals surface area contributed by atoms with Crippen molar-refractivity contribution in [1.82, 2.24) is 20.0 Å². The first-order valence-electron chi connectivity index (χ1n) is 6.78. The SMILES string of the molecule is [O-][n+]1cccc2cc(Cn3nnc4ccc(Cl)nc43)c(F)cc21. The smallest absolute Gasteiger partial charge is 0.226 e. The summed E-state index contributed by atoms with van der Waals surface area (Å²) in [5.41, 5.74) is 1.72. The zero-order valence-electron chi connectivity index (χ0n) is 11.6. The van der Waals surface area contributed by atoms with E-state index in [0.29, 0.717) is 32.0 Å². The van der Waals surface area contributed by atoms with E-state index in [0.717, 1.165) is 0 Å². The van der Waals surface area contributed by atoms with Crippen LogP contribution in [0.25, 0.3) is 22.1 Å². The molecule has 23 heavy (non-hydrogen) atoms. The van der Waals surface area contributed by atoms with E-state index in [9.17, 15) is 9.60 Å². The first-order chi connectivity index (χ1) is 11.1. The van der Waals surface area contributed by atoms with Crippen LogP contribution in [-0.4, -0.2) is 20.0 Å². The maximum Gasteiger partial charge on any atom is 0.226 e. The number of fused-ring (bicyclic) bond motifs is 2. The van der Waals surface area contributed by atoms with Gasteiger partial charge in [0, 0.05) is 23.1 Å². The number of hydrogen-bond donors (Lipinski definition) is 0. The Morgan fingerprint density at radius 1 is 1.26 bits per heavy atom. The molecular formula is C15H9ClFN5O. The Hall–Kier alpha value is -2.80. The van der Waals surface area contributed by atoms with E-state index < -0.39 is 5.82 Å². The monoisotopic (exact) mass is 329 g/mol. The van der Waals surface area contributed by atoms with Crippen LogP contribution in [-0.2, 0) is 6.54 Å². The first-order valence-corrected chi connectivity index (χ1v) is 7.16. The lowest BCUT2D eigenvalue weighted by molar-refractivity contribution is -0.577. The van der Waals surface area contributed by atoms with E-state index in [-0.39, 0.29) is 12.1 Å². The van der Waals surface area contributed by atoms with Crippen LogP contribution < -0.4 is 4.73 Å². The molecule has 0 saturated heterocycles. The lowest BCUT2D eigenvalue weighted by Gasteiger charge is -2.06. The molecule has 3 aromatic heterocycles. The molecule has 0 aliphatic rings. The maximum atomic E-state index is 14.3. The highest BCUT2D eigenvalue weighted by atomic mass is 35.5. The normalized spacial score (nSPS) is 11.4. The number of rotatable bonds is 2. The van der Waals surface area contributed by atoms with E-state index in [1.807, 2.05) is 0 Å². The van der Waals surface area contributed by atoms with Crippen molar-refractivity contribution in [3.05, 3.63) is 64.3 Å². The topological polar surface area (TPSA) is 70.5 Å². The van der Waals surface area contributed by atoms with Crippen LogP contribution in [0.5, 0.6) is 0 Å². The molecule has 0 fully saturated rings. The van der Waals surface area contributed by atoms with Gasteiger partial charge in [-0.2, -0.15) is 4.73 Å². The minimum Gasteiger partial charge on any atom is -0.618 e. The van der Waals surface area contributed by atoms with Crippen molar-refractivity contribution < 1.29 is 9.12 Å². The highest BCUT2D eigenvalue weighted by molar-refractivity contribution is 6.29. The number of pyridine rings is 2. The van der Waals surface area contributed by atoms with Crippen molar-refractivity contribution in [2.75, 3.05) is 0 Å². The summed E-state index contributed by atoms with van der Waals surface area (Å²) < 4.78 is 16.4. The quantitative estimate of drug-likeness (QED) is 0.322. The largest absolute Gasteiger partial charge is 0.618 e. The van der Waals surface area contributed by atoms with Gasteiger partial charge in [0.1, 0.15) is 16.5 Å². The van der Waals surface area contributed by atoms with E-state index >= 15 is 0 Å². The zero-order chi connectivity index (χ0) is 16.0. The van der Waals surface area contributed by atoms with Gasteiger partial charge in [-0.15, -0.1) is 5.10 Å². The molecule has 0 unspecified atom stereocenters. The van der Waals surface area contributed by atoms with Crippen LogP contribution in [0.15, 0.2) is 42.6 Å². The molecule has 0 aliphatic heterocycles. The molecule has 8 heteroatoms. The van der Waals surface area contributed by atoms with E-state index in [4.69, 9.17) is 11.6 Å². The Morgan fingerprint density at radius 3 is 3.00 bits per heavy atom. The van der Waals surface area contributed by atoms with Gasteiger partial charge in [0.25, 0.3) is 0 Å². The van der Waals surface area contributed by atoms with Crippen LogP contribution in [0.2, 0.25) is 5.15 Å². The third-order valence-electron chi connectivity index (χ3n) is 3.58. The molecule has 0 aliphatic carbocycles. The molecule has 1 aromatic carbocycles. The Kier molecular flexibility index (Phi) is 3.09. The Bertz CT molecular complexity index is 1050. The number of aromatic nitrogens is 5. The minimum absolute atomic E-state index is 0.138. The number of benzene rings is 1. The molecule has 0 spiro atoms. The Labute approximate surface area is 134 Å². The third-order valence-corrected chi connectivity index (χ3v) is 3.79. The molecule has 0 amide bonds. The fourth-order valence-electron chi connectivity index (χ4n) is 2.48. The van der Waals surface area contributed by atoms with Crippen molar-refractivity contribution in [3.8, 4) is 0 Å². The van der Waals surface area contributed by atoms with Gasteiger partial charge < -0.3 is 5.21 Å². The van der Waals surface area contributed by atoms with Crippen molar-refractivity contribution in [2.24, 2.45) is 0 Å². The molecular weight excluding hydrogens is 321 g/mol. The van der Waals surface area contributed by atoms with E-state index in [1.165, 1.54) is 16.9 Å². The highest BCUT2D eigenvalue weighted by Crippen LogP contribution is 2.19. The fraction of sp³-hybridized carbons (Fsp3) is 0.0667. The molecule has 4 aromatic rings. The molecule has 0 saturated carbocycles. The van der Waals surface area contributed by atoms with Crippen molar-refractivity contribution in [1.29, 1.82) is 0 Å². The minimum atomic E-state index is -0.487. The van der Waals surface area contributed by atoms with E-state index in [2.05, 4.69) is 15.3 Å². The zero-order valence-corrected chi connectivity index (χ0v) is 12.4. The average molecular weight is 330 g/mol. The standard InChI is InChI=1S/C15H9ClFN5O/c16-14-4-3-12-15(18-14)21(20-19-12)8-10-6-9-2-1-5-22(23)13(9)7-11(10)17/h1-7H,8H2. The van der Waals surface area contributed by atoms with Crippen molar-refractivity contribution in [3.63, 3.8) is 0 Å². The second-order valence-corrected chi connectivity index (χ2v) is 5.45. The summed E-state index contributed by atoms with van der Waals surface area (Å²) in [6.07, 6.45) is 1.33. The second-order valence-electron chi connectivity index (χ2n) is 5.06. The van der Waals surface area contributed by atoms with E-state index in [1.54, 1.807) is 30.3 Å². The maximum absolute atomic E-state index is 14.3. The number of nitrogens with zero attached hydrogens (tertiary/aromatic N) is 5. The number of hydrogen-bond acceptors (Lipinski definition) is 4. The molecule has 114 valence electrons. The van der Waals surface area contributed by atoms with Crippen LogP contribution in [0.1, 0.15) is 5.56 Å². The molecule has 3 heterocycles. The third kappa shape index (κ3) is 2.35. The van der Waals surface area contributed by atoms with Crippen LogP contribution in [0.4, 0.5) is 4.39 Å². The highest BCUT2D eigenvalue weighted by Gasteiger charge is 2.13. The summed E-state index contributed by atoms with van der Waals surface area (Å²) in [6.45, 7) is 0.138. The van der Waals surface area contributed by atoms with Gasteiger partial charge >= 0.3 is 0 Å². The first kappa shape index (κ1) is 13.8. The lowest BCUT2D eigenvalue weighted by atomic mass is 10.1. The predicted octanol–water partition coefficient (Wildman–Crippen LogP) is 2.45. The molecule has 4 rings (SSSR count). The molecule has 0 atom stereocenters. The predicted molar refractivity (Wildman–Crippen MR) is 82.3 cm³/mol. The van der Waals surface area contributed by atoms with Gasteiger partial charge in [0.2, 0.25) is 5.52 Å². The van der Waals surface area contributed by atoms with Crippen LogP contribution in [0, 0.1) is 11.0 Å². The molecule has 0 bridgehead atoms. The molecule has 0 radical (unpaired) electrons. The van der Waals surface area contributed by atoms with Gasteiger partial charge in [-0.3, -0.25) is 0 Å². The summed E-state index contributed by atoms with van der Waals surface area (Å²) in [5, 5.41) is 20.6. The van der Waals surface area contributed by atoms with Gasteiger partial charge in [0.15, 0.2) is 11.8 Å². The molecule has 0 N–H and O–H groups in total. The number of halogens is 2. The summed E-state index contributed by atoms with van der Waals surface area (Å²) in [7, 11) is 0. The summed E-state index contributed by atoms with van der Waals surface area (Å²) in [4.78, 5) is 4.16. The van der Waals surface area contributed by atoms with Crippen LogP contribution in [0.3, 0.4) is 0 Å². The Balaban J connectivity index is 1.82. The van der Waals surface area contributed by atoms with Gasteiger partial charge in [0.05, 0.1) is 6.54 Å². The Morgan fingerprint density at radius 2 is 2.13 bits per heavy atom. The van der Waals surface area contributed by atoms with Gasteiger partial charge in [-0.05, 0) is 24.3 Å². The average Bonchev–Trinajstić information content (AvgIpc) is 2.91. The summed E-state index contributed by atoms with van der Waals surface area (Å²) in [6, 6.07) is 9.52. The van der Waals surface area contributed by atoms with Gasteiger partial charge in [-0.25, -0.2) is 14.1 Å². The van der Waals surface area contributed by atoms with Crippen molar-refractivity contribution in [2.45, 2.75) is 6.54 Å². The van der Waals surface area contributed by atoms with Crippen molar-refractivity contribution >= 4 is 33.7 Å². The summed E-state index contributed by atoms with van der Waals surface area (Å²) >= 11 is 5.89. The molecule has 6 nitrogen and oxygen atoms in total. The van der Waals surface area contributed by atoms with Gasteiger partial charge in [-0.1, -0.05) is 16.8 Å².